The van der Waals surface area contributed by atoms with Crippen molar-refractivity contribution in [3.8, 4) is 10.6 Å². The monoisotopic (exact) mass is 263 g/mol. The fourth-order valence-electron chi connectivity index (χ4n) is 1.65. The molecule has 0 atom stereocenters. The van der Waals surface area contributed by atoms with E-state index in [0.29, 0.717) is 5.75 Å². The van der Waals surface area contributed by atoms with Crippen LogP contribution in [0.5, 0.6) is 0 Å². The molecule has 4 heteroatoms. The summed E-state index contributed by atoms with van der Waals surface area (Å²) in [7, 11) is 0. The van der Waals surface area contributed by atoms with Gasteiger partial charge in [-0.05, 0) is 6.07 Å². The normalized spacial score (nSPS) is 11.1. The molecule has 3 rings (SSSR count). The Balaban J connectivity index is 2.18. The first-order chi connectivity index (χ1) is 7.88. The maximum Gasteiger partial charge on any atom is 0.125 e. The number of hydrogen-bond donors (Lipinski definition) is 1. The third kappa shape index (κ3) is 1.67. The molecule has 2 heterocycles. The zero-order valence-corrected chi connectivity index (χ0v) is 10.9. The van der Waals surface area contributed by atoms with Gasteiger partial charge in [-0.1, -0.05) is 18.2 Å². The summed E-state index contributed by atoms with van der Waals surface area (Å²) in [5.41, 5.74) is 2.30. The van der Waals surface area contributed by atoms with Crippen molar-refractivity contribution in [1.29, 1.82) is 0 Å². The van der Waals surface area contributed by atoms with E-state index in [1.54, 1.807) is 22.7 Å². The number of nitrogens with zero attached hydrogens (tertiary/aromatic N) is 1. The molecule has 0 aliphatic rings. The molecule has 80 valence electrons. The molecule has 0 fully saturated rings. The van der Waals surface area contributed by atoms with Gasteiger partial charge in [0.05, 0.1) is 5.69 Å². The molecular weight excluding hydrogens is 254 g/mol. The standard InChI is InChI=1S/C12H9NS3/c14-5-8-6-16-12(13-8)10-7-15-11-4-2-1-3-9(10)11/h1-4,6-7,14H,5H2. The molecule has 3 aromatic rings. The number of thiazole rings is 1. The lowest BCUT2D eigenvalue weighted by Gasteiger charge is -1.93. The Hall–Kier alpha value is -0.840. The molecule has 0 radical (unpaired) electrons. The fraction of sp³-hybridized carbons (Fsp3) is 0.0833. The fourth-order valence-corrected chi connectivity index (χ4v) is 3.80. The van der Waals surface area contributed by atoms with Gasteiger partial charge in [0.2, 0.25) is 0 Å². The molecule has 0 saturated carbocycles. The lowest BCUT2D eigenvalue weighted by Crippen LogP contribution is -1.77. The predicted octanol–water partition coefficient (Wildman–Crippen LogP) is 4.45. The van der Waals surface area contributed by atoms with Gasteiger partial charge in [-0.15, -0.1) is 22.7 Å². The van der Waals surface area contributed by atoms with Crippen LogP contribution in [0.2, 0.25) is 0 Å². The largest absolute Gasteiger partial charge is 0.240 e. The SMILES string of the molecule is SCc1csc(-c2csc3ccccc23)n1. The first-order valence-corrected chi connectivity index (χ1v) is 7.29. The lowest BCUT2D eigenvalue weighted by molar-refractivity contribution is 1.25. The third-order valence-corrected chi connectivity index (χ3v) is 4.64. The summed E-state index contributed by atoms with van der Waals surface area (Å²) in [4.78, 5) is 4.57. The van der Waals surface area contributed by atoms with Crippen LogP contribution in [0.1, 0.15) is 5.69 Å². The van der Waals surface area contributed by atoms with Crippen molar-refractivity contribution in [3.63, 3.8) is 0 Å². The van der Waals surface area contributed by atoms with Crippen molar-refractivity contribution in [2.75, 3.05) is 0 Å². The summed E-state index contributed by atoms with van der Waals surface area (Å²) < 4.78 is 1.32. The highest BCUT2D eigenvalue weighted by atomic mass is 32.1. The lowest BCUT2D eigenvalue weighted by atomic mass is 10.2. The third-order valence-electron chi connectivity index (χ3n) is 2.43. The quantitative estimate of drug-likeness (QED) is 0.674. The van der Waals surface area contributed by atoms with Crippen LogP contribution in [0, 0.1) is 0 Å². The van der Waals surface area contributed by atoms with E-state index in [2.05, 4.69) is 52.6 Å². The van der Waals surface area contributed by atoms with Crippen molar-refractivity contribution in [1.82, 2.24) is 4.98 Å². The maximum absolute atomic E-state index is 4.57. The number of rotatable bonds is 2. The Morgan fingerprint density at radius 3 is 2.81 bits per heavy atom. The number of fused-ring (bicyclic) bond motifs is 1. The molecule has 0 bridgehead atoms. The molecule has 0 amide bonds. The molecular formula is C12H9NS3. The van der Waals surface area contributed by atoms with Gasteiger partial charge in [0.25, 0.3) is 0 Å². The van der Waals surface area contributed by atoms with Crippen LogP contribution >= 0.6 is 35.3 Å². The van der Waals surface area contributed by atoms with E-state index in [0.717, 1.165) is 10.7 Å². The van der Waals surface area contributed by atoms with E-state index in [9.17, 15) is 0 Å². The smallest absolute Gasteiger partial charge is 0.125 e. The van der Waals surface area contributed by atoms with Crippen LogP contribution in [0.15, 0.2) is 35.0 Å². The van der Waals surface area contributed by atoms with E-state index in [4.69, 9.17) is 0 Å². The molecule has 0 aliphatic carbocycles. The second-order valence-corrected chi connectivity index (χ2v) is 5.53. The number of thiol groups is 1. The van der Waals surface area contributed by atoms with Crippen molar-refractivity contribution in [3.05, 3.63) is 40.7 Å². The number of aromatic nitrogens is 1. The van der Waals surface area contributed by atoms with Crippen LogP contribution in [-0.4, -0.2) is 4.98 Å². The number of thiophene rings is 1. The maximum atomic E-state index is 4.57. The van der Waals surface area contributed by atoms with E-state index in [-0.39, 0.29) is 0 Å². The zero-order valence-electron chi connectivity index (χ0n) is 8.38. The van der Waals surface area contributed by atoms with Crippen LogP contribution in [0.4, 0.5) is 0 Å². The van der Waals surface area contributed by atoms with E-state index >= 15 is 0 Å². The summed E-state index contributed by atoms with van der Waals surface area (Å²) in [6.07, 6.45) is 0. The van der Waals surface area contributed by atoms with Crippen molar-refractivity contribution < 1.29 is 0 Å². The second kappa shape index (κ2) is 4.20. The highest BCUT2D eigenvalue weighted by molar-refractivity contribution is 7.79. The Bertz CT molecular complexity index is 624. The van der Waals surface area contributed by atoms with Crippen LogP contribution in [-0.2, 0) is 5.75 Å². The Morgan fingerprint density at radius 2 is 2.00 bits per heavy atom. The highest BCUT2D eigenvalue weighted by Crippen LogP contribution is 2.35. The van der Waals surface area contributed by atoms with Gasteiger partial charge in [0.15, 0.2) is 0 Å². The van der Waals surface area contributed by atoms with E-state index < -0.39 is 0 Å². The van der Waals surface area contributed by atoms with Gasteiger partial charge < -0.3 is 0 Å². The number of benzene rings is 1. The summed E-state index contributed by atoms with van der Waals surface area (Å²) in [6.45, 7) is 0. The minimum absolute atomic E-state index is 0.707. The van der Waals surface area contributed by atoms with Crippen molar-refractivity contribution >= 4 is 45.4 Å². The van der Waals surface area contributed by atoms with Gasteiger partial charge in [0, 0.05) is 32.2 Å². The van der Waals surface area contributed by atoms with Gasteiger partial charge >= 0.3 is 0 Å². The average molecular weight is 263 g/mol. The summed E-state index contributed by atoms with van der Waals surface area (Å²) in [5, 5.41) is 6.66. The summed E-state index contributed by atoms with van der Waals surface area (Å²) in [6, 6.07) is 8.45. The van der Waals surface area contributed by atoms with Gasteiger partial charge in [-0.3, -0.25) is 0 Å². The molecule has 1 nitrogen and oxygen atoms in total. The topological polar surface area (TPSA) is 12.9 Å². The van der Waals surface area contributed by atoms with Crippen molar-refractivity contribution in [2.24, 2.45) is 0 Å². The van der Waals surface area contributed by atoms with Crippen molar-refractivity contribution in [2.45, 2.75) is 5.75 Å². The Kier molecular flexibility index (Phi) is 2.71. The van der Waals surface area contributed by atoms with E-state index in [1.807, 2.05) is 0 Å². The van der Waals surface area contributed by atoms with Crippen LogP contribution in [0.3, 0.4) is 0 Å². The summed E-state index contributed by atoms with van der Waals surface area (Å²) >= 11 is 7.71. The molecule has 0 saturated heterocycles. The molecule has 0 N–H and O–H groups in total. The first kappa shape index (κ1) is 10.3. The Labute approximate surface area is 107 Å². The minimum Gasteiger partial charge on any atom is -0.240 e. The zero-order chi connectivity index (χ0) is 11.0. The molecule has 16 heavy (non-hydrogen) atoms. The second-order valence-electron chi connectivity index (χ2n) is 3.45. The summed E-state index contributed by atoms with van der Waals surface area (Å²) in [5.74, 6) is 0.707. The highest BCUT2D eigenvalue weighted by Gasteiger charge is 2.09. The molecule has 0 spiro atoms. The van der Waals surface area contributed by atoms with Crippen LogP contribution in [0.25, 0.3) is 20.7 Å². The molecule has 2 aromatic heterocycles. The minimum atomic E-state index is 0.707. The van der Waals surface area contributed by atoms with E-state index in [1.165, 1.54) is 15.6 Å². The average Bonchev–Trinajstić information content (AvgIpc) is 2.94. The van der Waals surface area contributed by atoms with Gasteiger partial charge in [-0.25, -0.2) is 4.98 Å². The van der Waals surface area contributed by atoms with Crippen LogP contribution < -0.4 is 0 Å². The number of hydrogen-bond acceptors (Lipinski definition) is 4. The van der Waals surface area contributed by atoms with Gasteiger partial charge in [0.1, 0.15) is 5.01 Å². The first-order valence-electron chi connectivity index (χ1n) is 4.90. The molecule has 0 aliphatic heterocycles. The Morgan fingerprint density at radius 1 is 1.12 bits per heavy atom. The predicted molar refractivity (Wildman–Crippen MR) is 75.6 cm³/mol. The molecule has 0 unspecified atom stereocenters. The van der Waals surface area contributed by atoms with Gasteiger partial charge in [-0.2, -0.15) is 12.6 Å². The molecule has 1 aromatic carbocycles.